The van der Waals surface area contributed by atoms with E-state index in [0.717, 1.165) is 18.8 Å². The van der Waals surface area contributed by atoms with Crippen molar-refractivity contribution in [3.63, 3.8) is 0 Å². The Hall–Kier alpha value is -1.34. The maximum atomic E-state index is 5.62. The van der Waals surface area contributed by atoms with E-state index in [2.05, 4.69) is 6.92 Å². The Morgan fingerprint density at radius 3 is 0.977 bits per heavy atom. The van der Waals surface area contributed by atoms with E-state index >= 15 is 0 Å². The van der Waals surface area contributed by atoms with E-state index < -0.39 is 0 Å². The Balaban J connectivity index is 1.61. The number of rotatable bonds is 37. The molecule has 1 aromatic rings. The van der Waals surface area contributed by atoms with Gasteiger partial charge in [-0.25, -0.2) is 0 Å². The zero-order valence-corrected chi connectivity index (χ0v) is 27.6. The molecule has 1 aromatic carbocycles. The topological polar surface area (TPSA) is 92.3 Å². The van der Waals surface area contributed by atoms with Crippen LogP contribution in [0.5, 0.6) is 5.75 Å². The lowest BCUT2D eigenvalue weighted by molar-refractivity contribution is -0.0254. The Morgan fingerprint density at radius 1 is 0.318 bits per heavy atom. The maximum Gasteiger partial charge on any atom is 0.119 e. The first-order valence-electron chi connectivity index (χ1n) is 16.8. The normalized spacial score (nSPS) is 11.4. The van der Waals surface area contributed by atoms with Gasteiger partial charge in [-0.05, 0) is 18.6 Å². The number of hydrogen-bond donors (Lipinski definition) is 0. The minimum atomic E-state index is 0.523. The summed E-state index contributed by atoms with van der Waals surface area (Å²) >= 11 is 0. The van der Waals surface area contributed by atoms with Crippen molar-refractivity contribution in [2.45, 2.75) is 58.3 Å². The van der Waals surface area contributed by atoms with Gasteiger partial charge in [-0.15, -0.1) is 0 Å². The lowest BCUT2D eigenvalue weighted by Gasteiger charge is -2.09. The predicted octanol–water partition coefficient (Wildman–Crippen LogP) is 5.36. The molecule has 0 radical (unpaired) electrons. The van der Waals surface area contributed by atoms with Crippen LogP contribution in [0, 0.1) is 0 Å². The molecular formula is C34H62O10. The molecule has 0 aliphatic carbocycles. The molecule has 0 spiro atoms. The highest BCUT2D eigenvalue weighted by Gasteiger charge is 1.97. The van der Waals surface area contributed by atoms with E-state index in [0.29, 0.717) is 119 Å². The molecule has 0 heterocycles. The van der Waals surface area contributed by atoms with Crippen LogP contribution in [0.25, 0.3) is 0 Å². The van der Waals surface area contributed by atoms with E-state index in [1.807, 2.05) is 30.3 Å². The summed E-state index contributed by atoms with van der Waals surface area (Å²) in [5.74, 6) is 0.849. The van der Waals surface area contributed by atoms with Gasteiger partial charge in [0.15, 0.2) is 0 Å². The van der Waals surface area contributed by atoms with Crippen molar-refractivity contribution in [3.05, 3.63) is 30.3 Å². The fraction of sp³-hybridized carbons (Fsp3) is 0.824. The van der Waals surface area contributed by atoms with Crippen molar-refractivity contribution in [1.29, 1.82) is 0 Å². The highest BCUT2D eigenvalue weighted by atomic mass is 16.6. The molecule has 0 aliphatic rings. The van der Waals surface area contributed by atoms with Crippen LogP contribution in [0.1, 0.15) is 58.3 Å². The fourth-order valence-electron chi connectivity index (χ4n) is 3.93. The van der Waals surface area contributed by atoms with Gasteiger partial charge in [-0.1, -0.05) is 70.1 Å². The van der Waals surface area contributed by atoms with Crippen molar-refractivity contribution < 1.29 is 47.4 Å². The van der Waals surface area contributed by atoms with Crippen LogP contribution in [0.4, 0.5) is 0 Å². The van der Waals surface area contributed by atoms with Crippen molar-refractivity contribution in [2.75, 3.05) is 126 Å². The molecule has 0 aliphatic heterocycles. The van der Waals surface area contributed by atoms with Crippen LogP contribution >= 0.6 is 0 Å². The number of benzene rings is 1. The van der Waals surface area contributed by atoms with Crippen molar-refractivity contribution in [1.82, 2.24) is 0 Å². The van der Waals surface area contributed by atoms with Gasteiger partial charge in [0, 0.05) is 6.61 Å². The fourth-order valence-corrected chi connectivity index (χ4v) is 3.93. The SMILES string of the molecule is CCCCCCCCCCOCCOCCOCCOCCOCCOCCOCCOCCOCCOc1ccccc1. The average molecular weight is 631 g/mol. The summed E-state index contributed by atoms with van der Waals surface area (Å²) in [6.07, 6.45) is 10.5. The molecule has 10 nitrogen and oxygen atoms in total. The molecule has 0 bridgehead atoms. The zero-order chi connectivity index (χ0) is 31.3. The third-order valence-electron chi connectivity index (χ3n) is 6.36. The van der Waals surface area contributed by atoms with Crippen LogP contribution in [-0.2, 0) is 42.6 Å². The van der Waals surface area contributed by atoms with E-state index in [9.17, 15) is 0 Å². The third-order valence-corrected chi connectivity index (χ3v) is 6.36. The molecule has 1 rings (SSSR count). The van der Waals surface area contributed by atoms with Crippen LogP contribution < -0.4 is 4.74 Å². The molecule has 44 heavy (non-hydrogen) atoms. The highest BCUT2D eigenvalue weighted by Crippen LogP contribution is 2.08. The summed E-state index contributed by atoms with van der Waals surface area (Å²) in [4.78, 5) is 0. The lowest BCUT2D eigenvalue weighted by Crippen LogP contribution is -2.15. The Labute approximate surface area is 267 Å². The highest BCUT2D eigenvalue weighted by molar-refractivity contribution is 5.20. The maximum absolute atomic E-state index is 5.62. The van der Waals surface area contributed by atoms with Gasteiger partial charge >= 0.3 is 0 Å². The summed E-state index contributed by atoms with van der Waals surface area (Å²) in [7, 11) is 0. The van der Waals surface area contributed by atoms with E-state index in [1.165, 1.54) is 44.9 Å². The van der Waals surface area contributed by atoms with Crippen molar-refractivity contribution in [3.8, 4) is 5.75 Å². The van der Waals surface area contributed by atoms with E-state index in [-0.39, 0.29) is 0 Å². The van der Waals surface area contributed by atoms with Gasteiger partial charge in [0.1, 0.15) is 12.4 Å². The first kappa shape index (κ1) is 40.7. The van der Waals surface area contributed by atoms with Gasteiger partial charge in [0.25, 0.3) is 0 Å². The minimum Gasteiger partial charge on any atom is -0.491 e. The van der Waals surface area contributed by atoms with E-state index in [4.69, 9.17) is 47.4 Å². The lowest BCUT2D eigenvalue weighted by atomic mass is 10.1. The summed E-state index contributed by atoms with van der Waals surface area (Å²) in [5.41, 5.74) is 0. The van der Waals surface area contributed by atoms with Crippen LogP contribution in [0.3, 0.4) is 0 Å². The second-order valence-electron chi connectivity index (χ2n) is 10.1. The largest absolute Gasteiger partial charge is 0.491 e. The number of unbranched alkanes of at least 4 members (excludes halogenated alkanes) is 7. The Bertz CT molecular complexity index is 652. The molecule has 0 saturated carbocycles. The summed E-state index contributed by atoms with van der Waals surface area (Å²) < 4.78 is 55.1. The van der Waals surface area contributed by atoms with Gasteiger partial charge < -0.3 is 47.4 Å². The van der Waals surface area contributed by atoms with Gasteiger partial charge in [0.05, 0.1) is 112 Å². The van der Waals surface area contributed by atoms with Gasteiger partial charge in [-0.3, -0.25) is 0 Å². The van der Waals surface area contributed by atoms with Gasteiger partial charge in [-0.2, -0.15) is 0 Å². The molecule has 0 atom stereocenters. The quantitative estimate of drug-likeness (QED) is 0.0896. The number of para-hydroxylation sites is 1. The molecule has 0 aromatic heterocycles. The average Bonchev–Trinajstić information content (AvgIpc) is 3.05. The molecule has 0 N–H and O–H groups in total. The van der Waals surface area contributed by atoms with Crippen LogP contribution in [0.2, 0.25) is 0 Å². The second-order valence-corrected chi connectivity index (χ2v) is 10.1. The van der Waals surface area contributed by atoms with Crippen molar-refractivity contribution in [2.24, 2.45) is 0 Å². The van der Waals surface area contributed by atoms with Gasteiger partial charge in [0.2, 0.25) is 0 Å². The van der Waals surface area contributed by atoms with Crippen molar-refractivity contribution >= 4 is 0 Å². The molecule has 0 unspecified atom stereocenters. The first-order chi connectivity index (χ1) is 21.9. The summed E-state index contributed by atoms with van der Waals surface area (Å²) in [6, 6.07) is 9.69. The molecule has 258 valence electrons. The Morgan fingerprint density at radius 2 is 0.614 bits per heavy atom. The van der Waals surface area contributed by atoms with E-state index in [1.54, 1.807) is 0 Å². The molecule has 0 fully saturated rings. The standard InChI is InChI=1S/C34H62O10/c1-2-3-4-5-6-7-8-12-15-35-16-17-36-18-19-37-20-21-38-22-23-39-24-25-40-26-27-41-28-29-42-30-31-43-32-33-44-34-13-10-9-11-14-34/h9-11,13-14H,2-8,12,15-33H2,1H3. The monoisotopic (exact) mass is 630 g/mol. The minimum absolute atomic E-state index is 0.523. The molecule has 0 saturated heterocycles. The summed E-state index contributed by atoms with van der Waals surface area (Å²) in [5, 5.41) is 0. The number of hydrogen-bond acceptors (Lipinski definition) is 10. The predicted molar refractivity (Wildman–Crippen MR) is 172 cm³/mol. The zero-order valence-electron chi connectivity index (χ0n) is 27.6. The number of ether oxygens (including phenoxy) is 10. The molecule has 10 heteroatoms. The molecule has 0 amide bonds. The summed E-state index contributed by atoms with van der Waals surface area (Å²) in [6.45, 7) is 12.9. The molecular weight excluding hydrogens is 568 g/mol. The van der Waals surface area contributed by atoms with Crippen LogP contribution in [0.15, 0.2) is 30.3 Å². The smallest absolute Gasteiger partial charge is 0.119 e. The first-order valence-corrected chi connectivity index (χ1v) is 16.8. The Kier molecular flexibility index (Phi) is 33.4. The second kappa shape index (κ2) is 36.1. The van der Waals surface area contributed by atoms with Crippen LogP contribution in [-0.4, -0.2) is 126 Å². The third kappa shape index (κ3) is 32.1.